The number of carbonyl (C=O) groups excluding carboxylic acids is 2. The molecule has 0 bridgehead atoms. The van der Waals surface area contributed by atoms with Crippen LogP contribution in [0.25, 0.3) is 22.7 Å². The maximum Gasteiger partial charge on any atom is 0.361 e. The van der Waals surface area contributed by atoms with Crippen molar-refractivity contribution in [1.82, 2.24) is 38.2 Å². The molecule has 0 aliphatic carbocycles. The van der Waals surface area contributed by atoms with Gasteiger partial charge in [-0.1, -0.05) is 121 Å². The van der Waals surface area contributed by atoms with Crippen LogP contribution in [0.5, 0.6) is 0 Å². The molecule has 0 atom stereocenters. The molecule has 6 aromatic carbocycles. The third-order valence-electron chi connectivity index (χ3n) is 18.9. The van der Waals surface area contributed by atoms with E-state index in [1.807, 2.05) is 153 Å². The fraction of sp³-hybridized carbons (Fsp3) is 0.186. The van der Waals surface area contributed by atoms with Crippen LogP contribution in [0.2, 0.25) is 0 Å². The summed E-state index contributed by atoms with van der Waals surface area (Å²) in [6.45, 7) is 7.82. The largest absolute Gasteiger partial charge is 0.434 e. The number of imidazole rings is 4. The Morgan fingerprint density at radius 3 is 1.12 bits per heavy atom. The average Bonchev–Trinajstić information content (AvgIpc) is 1.62. The molecule has 556 valence electrons. The first-order valence-electron chi connectivity index (χ1n) is 35.1. The maximum atomic E-state index is 13.2. The molecule has 0 spiro atoms. The van der Waals surface area contributed by atoms with Crippen LogP contribution >= 0.6 is 22.7 Å². The fourth-order valence-electron chi connectivity index (χ4n) is 13.3. The highest BCUT2D eigenvalue weighted by atomic mass is 32.1. The van der Waals surface area contributed by atoms with Gasteiger partial charge in [-0.3, -0.25) is 33.7 Å². The Kier molecular flexibility index (Phi) is 22.6. The van der Waals surface area contributed by atoms with Crippen LogP contribution in [-0.4, -0.2) is 114 Å². The summed E-state index contributed by atoms with van der Waals surface area (Å²) in [7, 11) is 0. The Morgan fingerprint density at radius 2 is 0.723 bits per heavy atom. The van der Waals surface area contributed by atoms with E-state index in [1.165, 1.54) is 22.7 Å². The van der Waals surface area contributed by atoms with Crippen molar-refractivity contribution in [3.8, 4) is 72.1 Å². The summed E-state index contributed by atoms with van der Waals surface area (Å²) in [6.07, 6.45) is 29.7. The molecule has 0 saturated heterocycles. The predicted octanol–water partition coefficient (Wildman–Crippen LogP) is 13.2. The number of esters is 2. The highest BCUT2D eigenvalue weighted by molar-refractivity contribution is 7.15. The molecule has 12 aromatic rings. The van der Waals surface area contributed by atoms with Crippen molar-refractivity contribution < 1.29 is 57.6 Å². The number of benzene rings is 6. The highest BCUT2D eigenvalue weighted by Gasteiger charge is 2.31. The molecule has 0 N–H and O–H groups in total. The number of fused-ring (bicyclic) bond motifs is 12. The average molecular weight is 1530 g/mol. The Balaban J connectivity index is 0.000000177. The molecule has 24 nitrogen and oxygen atoms in total. The van der Waals surface area contributed by atoms with Gasteiger partial charge in [-0.2, -0.15) is 0 Å². The van der Waals surface area contributed by atoms with Crippen LogP contribution in [0.3, 0.4) is 0 Å². The molecular weight excluding hydrogens is 1460 g/mol. The van der Waals surface area contributed by atoms with E-state index in [-0.39, 0.29) is 78.4 Å². The number of ether oxygens (including phenoxy) is 6. The van der Waals surface area contributed by atoms with Crippen molar-refractivity contribution in [1.29, 1.82) is 0 Å². The van der Waals surface area contributed by atoms with E-state index in [9.17, 15) is 9.59 Å². The van der Waals surface area contributed by atoms with Crippen LogP contribution in [0.1, 0.15) is 141 Å². The normalized spacial score (nSPS) is 12.8. The minimum absolute atomic E-state index is 0.0537. The molecule has 0 unspecified atom stereocenters. The lowest BCUT2D eigenvalue weighted by Gasteiger charge is -2.14. The summed E-state index contributed by atoms with van der Waals surface area (Å²) in [6, 6.07) is 47.7. The van der Waals surface area contributed by atoms with Crippen LogP contribution in [-0.2, 0) is 87.4 Å². The molecule has 0 fully saturated rings. The molecule has 26 heteroatoms. The van der Waals surface area contributed by atoms with Crippen molar-refractivity contribution in [3.05, 3.63) is 303 Å². The highest BCUT2D eigenvalue weighted by Crippen LogP contribution is 2.38. The van der Waals surface area contributed by atoms with Crippen LogP contribution in [0.15, 0.2) is 191 Å². The van der Waals surface area contributed by atoms with Gasteiger partial charge in [-0.15, -0.1) is 48.4 Å². The number of aromatic nitrogens is 8. The summed E-state index contributed by atoms with van der Waals surface area (Å²) in [5, 5.41) is 0. The second kappa shape index (κ2) is 33.9. The van der Waals surface area contributed by atoms with Crippen molar-refractivity contribution in [2.24, 2.45) is 20.0 Å². The Bertz CT molecular complexity index is 5960. The first-order chi connectivity index (χ1) is 54.9. The smallest absolute Gasteiger partial charge is 0.361 e. The molecule has 0 amide bonds. The molecule has 4 aliphatic heterocycles. The van der Waals surface area contributed by atoms with Gasteiger partial charge in [0.1, 0.15) is 25.9 Å². The number of hydrogen-bond acceptors (Lipinski definition) is 22. The van der Waals surface area contributed by atoms with Gasteiger partial charge in [0.25, 0.3) is 0 Å². The molecule has 0 saturated carbocycles. The fourth-order valence-corrected chi connectivity index (χ4v) is 15.3. The number of carbonyl (C=O) groups is 2. The summed E-state index contributed by atoms with van der Waals surface area (Å²) >= 11 is 3.00. The predicted molar refractivity (Wildman–Crippen MR) is 420 cm³/mol. The molecule has 10 heterocycles. The second-order valence-electron chi connectivity index (χ2n) is 25.6. The maximum absolute atomic E-state index is 13.2. The van der Waals surface area contributed by atoms with Crippen LogP contribution in [0.4, 0.5) is 0 Å². The number of terminal acetylenes is 4. The Morgan fingerprint density at radius 1 is 0.375 bits per heavy atom. The van der Waals surface area contributed by atoms with E-state index in [1.54, 1.807) is 25.3 Å². The van der Waals surface area contributed by atoms with E-state index in [0.29, 0.717) is 35.9 Å². The van der Waals surface area contributed by atoms with Crippen molar-refractivity contribution >= 4 is 57.5 Å². The quantitative estimate of drug-likeness (QED) is 0.0136. The van der Waals surface area contributed by atoms with E-state index in [2.05, 4.69) is 81.7 Å². The zero-order valence-corrected chi connectivity index (χ0v) is 62.7. The van der Waals surface area contributed by atoms with Gasteiger partial charge in [0, 0.05) is 44.5 Å². The van der Waals surface area contributed by atoms with Gasteiger partial charge in [-0.05, 0) is 98.5 Å². The topological polar surface area (TPSA) is 247 Å². The van der Waals surface area contributed by atoms with E-state index >= 15 is 0 Å². The molecular formula is C86H68N12O12S2. The van der Waals surface area contributed by atoms with Crippen molar-refractivity contribution in [3.63, 3.8) is 0 Å². The van der Waals surface area contributed by atoms with Gasteiger partial charge in [0.15, 0.2) is 52.1 Å². The molecule has 16 rings (SSSR count). The van der Waals surface area contributed by atoms with Gasteiger partial charge in [-0.25, -0.2) is 49.1 Å². The summed E-state index contributed by atoms with van der Waals surface area (Å²) in [5.41, 5.74) is 23.0. The van der Waals surface area contributed by atoms with Gasteiger partial charge in [0.05, 0.1) is 138 Å². The summed E-state index contributed by atoms with van der Waals surface area (Å²) in [4.78, 5) is 88.7. The number of nitrogens with zero attached hydrogens (tertiary/aromatic N) is 12. The number of aliphatic imine (C=N–C) groups is 4. The standard InChI is InChI=1S/C45H36N6O6.C41H32N6O6S2/c1-5-31-15-17-38-35(19-31)42(33-13-9-7-11-29(33)3)46-21-40-37(48-24-50(38)40)23-56-57-28-54-26-53-27-55-45(52)44-41-22-47-43(34-14-10-8-12-30(34)4)36-20-32(6-2)16-18-39(36)51(41)25-49-44;1-5-27-15-32-39(54-27)36(29-13-9-7-11-25(29)3)42-17-34-31(44-20-46(32)34)19-52-53-24-50-22-49-23-51-41(48)38-35-18-43-37(30-14-10-8-12-26(30)4)40-33(47(35)21-45-38)16-28(6-2)55-40/h1-2,7-20,24-25H,21-23,26-28H2,3-4H3;1-2,7-16,20-21H,17-19,22-24H2,3-4H3. The lowest BCUT2D eigenvalue weighted by Crippen LogP contribution is -2.14. The monoisotopic (exact) mass is 1520 g/mol. The second-order valence-corrected chi connectivity index (χ2v) is 27.7. The number of hydrogen-bond donors (Lipinski definition) is 0. The summed E-state index contributed by atoms with van der Waals surface area (Å²) < 4.78 is 39.8. The van der Waals surface area contributed by atoms with Gasteiger partial charge in [0.2, 0.25) is 0 Å². The van der Waals surface area contributed by atoms with E-state index < -0.39 is 11.9 Å². The van der Waals surface area contributed by atoms with Gasteiger partial charge >= 0.3 is 11.9 Å². The Labute approximate surface area is 652 Å². The van der Waals surface area contributed by atoms with Crippen LogP contribution in [0, 0.1) is 77.1 Å². The number of thiophene rings is 2. The third-order valence-corrected chi connectivity index (χ3v) is 21.0. The zero-order chi connectivity index (χ0) is 77.2. The zero-order valence-electron chi connectivity index (χ0n) is 61.0. The summed E-state index contributed by atoms with van der Waals surface area (Å²) in [5.74, 6) is 9.60. The first kappa shape index (κ1) is 74.6. The minimum Gasteiger partial charge on any atom is -0.434 e. The lowest BCUT2D eigenvalue weighted by atomic mass is 9.95. The first-order valence-corrected chi connectivity index (χ1v) is 36.8. The molecule has 0 radical (unpaired) electrons. The van der Waals surface area contributed by atoms with Gasteiger partial charge < -0.3 is 33.0 Å². The molecule has 6 aromatic heterocycles. The van der Waals surface area contributed by atoms with Crippen molar-refractivity contribution in [2.45, 2.75) is 67.1 Å². The number of rotatable bonds is 24. The van der Waals surface area contributed by atoms with Crippen molar-refractivity contribution in [2.75, 3.05) is 40.8 Å². The third kappa shape index (κ3) is 15.4. The van der Waals surface area contributed by atoms with E-state index in [4.69, 9.17) is 93.6 Å². The van der Waals surface area contributed by atoms with E-state index in [0.717, 1.165) is 143 Å². The SMILES string of the molecule is C#Cc1cc2c(s1)C(c1ccccc1C)=NCc1c(COOCOCOCOC(=O)c3ncn4c3CN=C(c3ccccc3C)c3sc(C#C)cc3-4)ncn1-2.C#Cc1ccc2c(c1)C(c1ccccc1C)=NCc1c(COOCOCOCOC(=O)c3ncn4c3CN=C(c3ccccc3C)c3cc(C#C)ccc3-4)ncn1-2. The molecule has 4 aliphatic rings. The lowest BCUT2D eigenvalue weighted by molar-refractivity contribution is -0.353. The molecule has 112 heavy (non-hydrogen) atoms. The minimum atomic E-state index is -0.659. The Hall–Kier alpha value is -12.9. The van der Waals surface area contributed by atoms with Crippen LogP contribution < -0.4 is 0 Å². The number of aryl methyl sites for hydroxylation is 4.